The minimum atomic E-state index is -0.0158. The number of amides is 2. The van der Waals surface area contributed by atoms with E-state index >= 15 is 0 Å². The van der Waals surface area contributed by atoms with Gasteiger partial charge in [0.1, 0.15) is 0 Å². The van der Waals surface area contributed by atoms with Gasteiger partial charge in [0.25, 0.3) is 5.91 Å². The van der Waals surface area contributed by atoms with E-state index in [0.29, 0.717) is 31.0 Å². The van der Waals surface area contributed by atoms with Crippen molar-refractivity contribution in [1.82, 2.24) is 20.4 Å². The van der Waals surface area contributed by atoms with Gasteiger partial charge < -0.3 is 20.4 Å². The first-order chi connectivity index (χ1) is 12.9. The van der Waals surface area contributed by atoms with Crippen molar-refractivity contribution in [2.45, 2.75) is 33.7 Å². The van der Waals surface area contributed by atoms with Gasteiger partial charge in [-0.3, -0.25) is 9.59 Å². The van der Waals surface area contributed by atoms with Crippen molar-refractivity contribution in [1.29, 1.82) is 0 Å². The Bertz CT molecular complexity index is 622. The second-order valence-corrected chi connectivity index (χ2v) is 6.33. The number of hydrogen-bond acceptors (Lipinski definition) is 3. The topological polar surface area (TPSA) is 77.0 Å². The number of nitrogens with zero attached hydrogens (tertiary/aromatic N) is 3. The van der Waals surface area contributed by atoms with Crippen LogP contribution in [0.2, 0.25) is 0 Å². The lowest BCUT2D eigenvalue weighted by Crippen LogP contribution is -2.40. The van der Waals surface area contributed by atoms with Crippen LogP contribution in [0.5, 0.6) is 0 Å². The van der Waals surface area contributed by atoms with E-state index in [1.165, 1.54) is 0 Å². The Morgan fingerprint density at radius 2 is 1.63 bits per heavy atom. The van der Waals surface area contributed by atoms with E-state index in [-0.39, 0.29) is 11.8 Å². The zero-order valence-corrected chi connectivity index (χ0v) is 17.2. The summed E-state index contributed by atoms with van der Waals surface area (Å²) in [6.07, 6.45) is 0.438. The summed E-state index contributed by atoms with van der Waals surface area (Å²) in [5.74, 6) is 0.806. The standard InChI is InChI=1S/C20H33N5O2/c1-6-21-20(22-14-13-18(26)25(7-2)8-3)23-15-16-9-11-17(12-10-16)19(27)24(4)5/h9-12H,6-8,13-15H2,1-5H3,(H2,21,22,23). The molecule has 7 heteroatoms. The molecule has 0 saturated heterocycles. The van der Waals surface area contributed by atoms with Crippen LogP contribution in [0.3, 0.4) is 0 Å². The van der Waals surface area contributed by atoms with Gasteiger partial charge in [0, 0.05) is 52.3 Å². The van der Waals surface area contributed by atoms with Crippen LogP contribution < -0.4 is 10.6 Å². The first-order valence-corrected chi connectivity index (χ1v) is 9.53. The fourth-order valence-electron chi connectivity index (χ4n) is 2.55. The summed E-state index contributed by atoms with van der Waals surface area (Å²) < 4.78 is 0. The smallest absolute Gasteiger partial charge is 0.253 e. The largest absolute Gasteiger partial charge is 0.357 e. The van der Waals surface area contributed by atoms with E-state index in [1.807, 2.05) is 49.9 Å². The highest BCUT2D eigenvalue weighted by Crippen LogP contribution is 2.07. The lowest BCUT2D eigenvalue weighted by atomic mass is 10.1. The maximum Gasteiger partial charge on any atom is 0.253 e. The molecule has 1 aromatic carbocycles. The highest BCUT2D eigenvalue weighted by atomic mass is 16.2. The highest BCUT2D eigenvalue weighted by Gasteiger charge is 2.09. The van der Waals surface area contributed by atoms with Crippen molar-refractivity contribution in [3.05, 3.63) is 35.4 Å². The number of rotatable bonds is 9. The Morgan fingerprint density at radius 1 is 1.00 bits per heavy atom. The molecule has 27 heavy (non-hydrogen) atoms. The SMILES string of the molecule is CCNC(=NCc1ccc(C(=O)N(C)C)cc1)NCCC(=O)N(CC)CC. The van der Waals surface area contributed by atoms with Gasteiger partial charge >= 0.3 is 0 Å². The Balaban J connectivity index is 2.60. The van der Waals surface area contributed by atoms with Gasteiger partial charge in [-0.2, -0.15) is 0 Å². The summed E-state index contributed by atoms with van der Waals surface area (Å²) >= 11 is 0. The summed E-state index contributed by atoms with van der Waals surface area (Å²) in [6, 6.07) is 7.45. The average molecular weight is 376 g/mol. The van der Waals surface area contributed by atoms with Gasteiger partial charge in [0.2, 0.25) is 5.91 Å². The predicted molar refractivity (Wildman–Crippen MR) is 110 cm³/mol. The van der Waals surface area contributed by atoms with Gasteiger partial charge in [-0.1, -0.05) is 12.1 Å². The third kappa shape index (κ3) is 7.68. The zero-order chi connectivity index (χ0) is 20.2. The van der Waals surface area contributed by atoms with Crippen LogP contribution >= 0.6 is 0 Å². The fourth-order valence-corrected chi connectivity index (χ4v) is 2.55. The van der Waals surface area contributed by atoms with Crippen LogP contribution in [0.1, 0.15) is 43.1 Å². The Morgan fingerprint density at radius 3 is 2.15 bits per heavy atom. The molecule has 0 heterocycles. The Kier molecular flexibility index (Phi) is 9.93. The number of aliphatic imine (C=N–C) groups is 1. The van der Waals surface area contributed by atoms with Crippen LogP contribution in [0, 0.1) is 0 Å². The summed E-state index contributed by atoms with van der Waals surface area (Å²) in [7, 11) is 3.47. The van der Waals surface area contributed by atoms with Crippen LogP contribution in [0.25, 0.3) is 0 Å². The van der Waals surface area contributed by atoms with E-state index in [9.17, 15) is 9.59 Å². The normalized spacial score (nSPS) is 11.1. The number of benzene rings is 1. The molecule has 0 aliphatic heterocycles. The van der Waals surface area contributed by atoms with Crippen molar-refractivity contribution in [2.75, 3.05) is 40.3 Å². The predicted octanol–water partition coefficient (Wildman–Crippen LogP) is 1.70. The van der Waals surface area contributed by atoms with Crippen LogP contribution in [0.4, 0.5) is 0 Å². The maximum absolute atomic E-state index is 12.1. The maximum atomic E-state index is 12.1. The van der Waals surface area contributed by atoms with E-state index < -0.39 is 0 Å². The van der Waals surface area contributed by atoms with Crippen molar-refractivity contribution in [3.8, 4) is 0 Å². The van der Waals surface area contributed by atoms with Crippen LogP contribution in [-0.2, 0) is 11.3 Å². The number of guanidine groups is 1. The van der Waals surface area contributed by atoms with Gasteiger partial charge in [-0.05, 0) is 38.5 Å². The molecule has 0 bridgehead atoms. The monoisotopic (exact) mass is 375 g/mol. The van der Waals surface area contributed by atoms with Crippen LogP contribution in [-0.4, -0.2) is 67.8 Å². The molecule has 0 atom stereocenters. The molecule has 7 nitrogen and oxygen atoms in total. The average Bonchev–Trinajstić information content (AvgIpc) is 2.66. The van der Waals surface area contributed by atoms with Crippen LogP contribution in [0.15, 0.2) is 29.3 Å². The van der Waals surface area contributed by atoms with E-state index in [1.54, 1.807) is 19.0 Å². The molecule has 0 unspecified atom stereocenters. The minimum Gasteiger partial charge on any atom is -0.357 e. The van der Waals surface area contributed by atoms with Gasteiger partial charge in [0.05, 0.1) is 6.54 Å². The van der Waals surface area contributed by atoms with Gasteiger partial charge in [0.15, 0.2) is 5.96 Å². The molecule has 0 spiro atoms. The summed E-state index contributed by atoms with van der Waals surface area (Å²) in [5, 5.41) is 6.38. The second-order valence-electron chi connectivity index (χ2n) is 6.33. The quantitative estimate of drug-likeness (QED) is 0.509. The molecule has 150 valence electrons. The van der Waals surface area contributed by atoms with E-state index in [0.717, 1.165) is 25.2 Å². The van der Waals surface area contributed by atoms with Crippen molar-refractivity contribution in [2.24, 2.45) is 4.99 Å². The lowest BCUT2D eigenvalue weighted by molar-refractivity contribution is -0.130. The third-order valence-corrected chi connectivity index (χ3v) is 4.12. The first-order valence-electron chi connectivity index (χ1n) is 9.53. The summed E-state index contributed by atoms with van der Waals surface area (Å²) in [6.45, 7) is 9.21. The summed E-state index contributed by atoms with van der Waals surface area (Å²) in [5.41, 5.74) is 1.68. The number of nitrogens with one attached hydrogen (secondary N) is 2. The van der Waals surface area contributed by atoms with Crippen molar-refractivity contribution >= 4 is 17.8 Å². The molecule has 0 aromatic heterocycles. The molecule has 2 N–H and O–H groups in total. The lowest BCUT2D eigenvalue weighted by Gasteiger charge is -2.19. The molecule has 0 aliphatic rings. The summed E-state index contributed by atoms with van der Waals surface area (Å²) in [4.78, 5) is 31.9. The van der Waals surface area contributed by atoms with Gasteiger partial charge in [-0.15, -0.1) is 0 Å². The first kappa shape index (κ1) is 22.5. The molecule has 2 amide bonds. The van der Waals surface area contributed by atoms with Gasteiger partial charge in [-0.25, -0.2) is 4.99 Å². The molecule has 1 aromatic rings. The number of carbonyl (C=O) groups excluding carboxylic acids is 2. The van der Waals surface area contributed by atoms with Crippen molar-refractivity contribution < 1.29 is 9.59 Å². The van der Waals surface area contributed by atoms with Crippen molar-refractivity contribution in [3.63, 3.8) is 0 Å². The number of carbonyl (C=O) groups is 2. The minimum absolute atomic E-state index is 0.0158. The highest BCUT2D eigenvalue weighted by molar-refractivity contribution is 5.93. The van der Waals surface area contributed by atoms with E-state index in [4.69, 9.17) is 0 Å². The molecular weight excluding hydrogens is 342 g/mol. The molecule has 1 rings (SSSR count). The molecule has 0 aliphatic carbocycles. The molecule has 0 saturated carbocycles. The second kappa shape index (κ2) is 11.9. The Hall–Kier alpha value is -2.57. The van der Waals surface area contributed by atoms with E-state index in [2.05, 4.69) is 15.6 Å². The molecule has 0 fully saturated rings. The fraction of sp³-hybridized carbons (Fsp3) is 0.550. The molecular formula is C20H33N5O2. The third-order valence-electron chi connectivity index (χ3n) is 4.12. The zero-order valence-electron chi connectivity index (χ0n) is 17.2. The Labute approximate surface area is 162 Å². The number of hydrogen-bond donors (Lipinski definition) is 2. The molecule has 0 radical (unpaired) electrons.